The molecule has 5 heterocycles. The van der Waals surface area contributed by atoms with Crippen molar-refractivity contribution < 1.29 is 30.9 Å². The second kappa shape index (κ2) is 11.3. The van der Waals surface area contributed by atoms with Crippen molar-refractivity contribution in [1.29, 1.82) is 0 Å². The fourth-order valence-corrected chi connectivity index (χ4v) is 12.4. The molecular weight excluding hydrogens is 774 g/mol. The smallest absolute Gasteiger partial charge is 0.416 e. The minimum atomic E-state index is -5.16. The first-order chi connectivity index (χ1) is 26.4. The quantitative estimate of drug-likeness (QED) is 0.139. The molecule has 56 heavy (non-hydrogen) atoms. The maximum atomic E-state index is 14.1. The van der Waals surface area contributed by atoms with Crippen LogP contribution in [0.1, 0.15) is 55.5 Å². The highest BCUT2D eigenvalue weighted by Gasteiger charge is 2.43. The van der Waals surface area contributed by atoms with Gasteiger partial charge < -0.3 is 9.64 Å². The zero-order chi connectivity index (χ0) is 39.4. The molecule has 0 saturated heterocycles. The van der Waals surface area contributed by atoms with Gasteiger partial charge in [0.15, 0.2) is 5.54 Å². The van der Waals surface area contributed by atoms with Crippen LogP contribution in [0.3, 0.4) is 0 Å². The normalized spacial score (nSPS) is 16.5. The lowest BCUT2D eigenvalue weighted by molar-refractivity contribution is -0.137. The maximum absolute atomic E-state index is 14.1. The summed E-state index contributed by atoms with van der Waals surface area (Å²) in [5.74, 6) is 0.833. The lowest BCUT2D eigenvalue weighted by Gasteiger charge is -2.43. The largest absolute Gasteiger partial charge is 0.456 e. The number of alkyl halides is 3. The highest BCUT2D eigenvalue weighted by molar-refractivity contribution is 7.86. The first kappa shape index (κ1) is 35.4. The average Bonchev–Trinajstić information content (AvgIpc) is 3.74. The molecular formula is C44H34F3N2O4S3+. The van der Waals surface area contributed by atoms with Crippen LogP contribution in [0.15, 0.2) is 95.9 Å². The third-order valence-electron chi connectivity index (χ3n) is 12.1. The molecule has 0 aliphatic carbocycles. The second-order valence-electron chi connectivity index (χ2n) is 15.7. The Kier molecular flexibility index (Phi) is 7.15. The van der Waals surface area contributed by atoms with E-state index in [9.17, 15) is 26.1 Å². The molecule has 1 N–H and O–H groups in total. The molecule has 0 unspecified atom stereocenters. The monoisotopic (exact) mass is 807 g/mol. The topological polar surface area (TPSA) is 69.9 Å². The predicted molar refractivity (Wildman–Crippen MR) is 218 cm³/mol. The molecule has 0 bridgehead atoms. The highest BCUT2D eigenvalue weighted by atomic mass is 32.2. The molecule has 0 fully saturated rings. The van der Waals surface area contributed by atoms with Crippen molar-refractivity contribution >= 4 is 64.2 Å². The average molecular weight is 808 g/mol. The number of nitrogens with zero attached hydrogens (tertiary/aromatic N) is 2. The van der Waals surface area contributed by atoms with Gasteiger partial charge in [-0.2, -0.15) is 21.6 Å². The second-order valence-corrected chi connectivity index (χ2v) is 19.2. The highest BCUT2D eigenvalue weighted by Crippen LogP contribution is 2.56. The Balaban J connectivity index is 1.36. The number of hydrogen-bond acceptors (Lipinski definition) is 6. The Morgan fingerprint density at radius 1 is 0.750 bits per heavy atom. The van der Waals surface area contributed by atoms with Crippen LogP contribution >= 0.6 is 22.7 Å². The fourth-order valence-electron chi connectivity index (χ4n) is 8.91. The molecule has 10 rings (SSSR count). The molecule has 3 aliphatic rings. The molecule has 5 aromatic carbocycles. The van der Waals surface area contributed by atoms with Crippen molar-refractivity contribution in [3.8, 4) is 32.4 Å². The Bertz CT molecular complexity index is 3180. The third kappa shape index (κ3) is 4.76. The summed E-state index contributed by atoms with van der Waals surface area (Å²) in [6, 6.07) is 26.8. The van der Waals surface area contributed by atoms with Crippen molar-refractivity contribution in [1.82, 2.24) is 4.58 Å². The predicted octanol–water partition coefficient (Wildman–Crippen LogP) is 10.1. The molecule has 0 atom stereocenters. The Labute approximate surface area is 328 Å². The molecule has 2 aromatic heterocycles. The van der Waals surface area contributed by atoms with Gasteiger partial charge in [-0.1, -0.05) is 42.5 Å². The Morgan fingerprint density at radius 2 is 1.38 bits per heavy atom. The van der Waals surface area contributed by atoms with Crippen molar-refractivity contribution in [2.75, 3.05) is 19.0 Å². The van der Waals surface area contributed by atoms with Crippen LogP contribution < -0.4 is 24.8 Å². The number of fused-ring (bicyclic) bond motifs is 12. The van der Waals surface area contributed by atoms with Gasteiger partial charge in [-0.25, -0.2) is 4.58 Å². The van der Waals surface area contributed by atoms with Crippen molar-refractivity contribution in [2.24, 2.45) is 0 Å². The molecule has 6 nitrogen and oxygen atoms in total. The van der Waals surface area contributed by atoms with Crippen LogP contribution in [0, 0.1) is 0 Å². The van der Waals surface area contributed by atoms with Crippen LogP contribution in [0.25, 0.3) is 46.6 Å². The molecule has 0 spiro atoms. The van der Waals surface area contributed by atoms with Gasteiger partial charge in [0, 0.05) is 90.9 Å². The molecule has 12 heteroatoms. The van der Waals surface area contributed by atoms with Gasteiger partial charge in [0.25, 0.3) is 10.1 Å². The van der Waals surface area contributed by atoms with E-state index in [1.165, 1.54) is 0 Å². The maximum Gasteiger partial charge on any atom is 0.416 e. The number of hydrogen-bond donors (Lipinski definition) is 1. The SMILES string of the molecule is CN1c2cc3c(cc2-c2sc4ccccc4c2C1(C)C)C(c1ccc(C(F)(F)F)cc1S(=O)(=O)O)=c1cc2c(cc1O3)=[N+](C)C(C)(C)c1c-2sc2ccccc12. The van der Waals surface area contributed by atoms with Crippen LogP contribution in [0.5, 0.6) is 11.5 Å². The molecule has 3 aliphatic heterocycles. The van der Waals surface area contributed by atoms with E-state index >= 15 is 0 Å². The standard InChI is InChI=1S/C44H33F3N2O4S3/c1-42(2)38-23-11-7-9-13-34(23)54-40(38)26-18-28-32(20-30(26)48(42)5)53-33-21-31-27(41-39(43(3,4)49(31)6)24-12-8-10-14-35(24)55-41)19-29(33)37(28)25-16-15-22(44(45,46)47)17-36(25)56(50,51)52/h7-21H,1-6H3/p+1. The van der Waals surface area contributed by atoms with Crippen molar-refractivity contribution in [2.45, 2.75) is 49.8 Å². The van der Waals surface area contributed by atoms with E-state index in [1.54, 1.807) is 22.7 Å². The fraction of sp³-hybridized carbons (Fsp3) is 0.205. The molecule has 282 valence electrons. The van der Waals surface area contributed by atoms with Gasteiger partial charge in [-0.3, -0.25) is 4.55 Å². The lowest BCUT2D eigenvalue weighted by atomic mass is 9.81. The van der Waals surface area contributed by atoms with Crippen molar-refractivity contribution in [3.05, 3.63) is 129 Å². The van der Waals surface area contributed by atoms with Gasteiger partial charge in [0.05, 0.1) is 27.6 Å². The summed E-state index contributed by atoms with van der Waals surface area (Å²) in [6.45, 7) is 8.70. The number of thiophene rings is 2. The first-order valence-electron chi connectivity index (χ1n) is 18.0. The minimum Gasteiger partial charge on any atom is -0.456 e. The summed E-state index contributed by atoms with van der Waals surface area (Å²) >= 11 is 3.33. The van der Waals surface area contributed by atoms with E-state index < -0.39 is 37.8 Å². The lowest BCUT2D eigenvalue weighted by Crippen LogP contribution is -2.46. The summed E-state index contributed by atoms with van der Waals surface area (Å²) in [4.78, 5) is 3.46. The van der Waals surface area contributed by atoms with E-state index in [-0.39, 0.29) is 5.56 Å². The van der Waals surface area contributed by atoms with Gasteiger partial charge in [-0.15, -0.1) is 22.7 Å². The van der Waals surface area contributed by atoms with Crippen LogP contribution in [0.2, 0.25) is 0 Å². The van der Waals surface area contributed by atoms with Crippen LogP contribution in [-0.2, 0) is 27.4 Å². The number of rotatable bonds is 2. The summed E-state index contributed by atoms with van der Waals surface area (Å²) < 4.78 is 90.6. The molecule has 0 radical (unpaired) electrons. The minimum absolute atomic E-state index is 0.0617. The van der Waals surface area contributed by atoms with E-state index in [0.29, 0.717) is 33.9 Å². The van der Waals surface area contributed by atoms with Crippen LogP contribution in [0.4, 0.5) is 18.9 Å². The third-order valence-corrected chi connectivity index (χ3v) is 15.4. The van der Waals surface area contributed by atoms with E-state index in [0.717, 1.165) is 75.4 Å². The van der Waals surface area contributed by atoms with Crippen LogP contribution in [-0.4, -0.2) is 27.1 Å². The summed E-state index contributed by atoms with van der Waals surface area (Å²) in [6.07, 6.45) is -4.85. The number of ether oxygens (including phenoxy) is 1. The van der Waals surface area contributed by atoms with Gasteiger partial charge in [0.2, 0.25) is 5.36 Å². The first-order valence-corrected chi connectivity index (χ1v) is 21.1. The number of anilines is 1. The van der Waals surface area contributed by atoms with Crippen molar-refractivity contribution in [3.63, 3.8) is 0 Å². The van der Waals surface area contributed by atoms with Gasteiger partial charge in [0.1, 0.15) is 23.4 Å². The molecule has 7 aromatic rings. The Hall–Kier alpha value is -5.01. The number of halogens is 3. The summed E-state index contributed by atoms with van der Waals surface area (Å²) in [5, 5.41) is 3.66. The Morgan fingerprint density at radius 3 is 2.02 bits per heavy atom. The zero-order valence-electron chi connectivity index (χ0n) is 31.1. The van der Waals surface area contributed by atoms with E-state index in [1.807, 2.05) is 62.6 Å². The van der Waals surface area contributed by atoms with E-state index in [4.69, 9.17) is 4.74 Å². The van der Waals surface area contributed by atoms with Gasteiger partial charge in [-0.05, 0) is 55.6 Å². The molecule has 0 amide bonds. The van der Waals surface area contributed by atoms with Gasteiger partial charge >= 0.3 is 6.18 Å². The zero-order valence-corrected chi connectivity index (χ0v) is 33.5. The van der Waals surface area contributed by atoms with E-state index in [2.05, 4.69) is 61.4 Å². The summed E-state index contributed by atoms with van der Waals surface area (Å²) in [7, 11) is -1.10. The molecule has 0 saturated carbocycles. The summed E-state index contributed by atoms with van der Waals surface area (Å²) in [5.41, 5.74) is 3.72. The number of benzene rings is 5.